The highest BCUT2D eigenvalue weighted by molar-refractivity contribution is 7.09. The van der Waals surface area contributed by atoms with Crippen molar-refractivity contribution in [3.05, 3.63) is 39.6 Å². The number of hydrogen-bond acceptors (Lipinski definition) is 5. The van der Waals surface area contributed by atoms with Crippen molar-refractivity contribution < 1.29 is 9.18 Å². The summed E-state index contributed by atoms with van der Waals surface area (Å²) in [5.41, 5.74) is 1.68. The lowest BCUT2D eigenvalue weighted by Crippen LogP contribution is -2.39. The van der Waals surface area contributed by atoms with Crippen molar-refractivity contribution in [2.75, 3.05) is 13.1 Å². The Morgan fingerprint density at radius 3 is 3.17 bits per heavy atom. The third kappa shape index (κ3) is 3.80. The molecule has 1 aliphatic rings. The highest BCUT2D eigenvalue weighted by atomic mass is 32.1. The SMILES string of the molecule is Cc1nc(CN2C[C@@H](F)C[C@H]2CNC(=O)c2c[nH]c(C#N)c2)cs1. The number of alkyl halides is 1. The number of nitriles is 1. The molecule has 3 heterocycles. The number of aromatic amines is 1. The Balaban J connectivity index is 1.58. The highest BCUT2D eigenvalue weighted by Gasteiger charge is 2.32. The lowest BCUT2D eigenvalue weighted by molar-refractivity contribution is 0.0940. The number of aryl methyl sites for hydroxylation is 1. The van der Waals surface area contributed by atoms with Crippen molar-refractivity contribution in [2.45, 2.75) is 32.1 Å². The van der Waals surface area contributed by atoms with E-state index in [0.29, 0.717) is 37.3 Å². The molecule has 3 rings (SSSR count). The highest BCUT2D eigenvalue weighted by Crippen LogP contribution is 2.23. The molecule has 1 amide bonds. The summed E-state index contributed by atoms with van der Waals surface area (Å²) in [6, 6.07) is 3.38. The number of nitrogens with zero attached hydrogens (tertiary/aromatic N) is 3. The summed E-state index contributed by atoms with van der Waals surface area (Å²) in [7, 11) is 0. The van der Waals surface area contributed by atoms with Gasteiger partial charge >= 0.3 is 0 Å². The second kappa shape index (κ2) is 7.11. The second-order valence-corrected chi connectivity index (χ2v) is 6.96. The van der Waals surface area contributed by atoms with Crippen LogP contribution in [0.2, 0.25) is 0 Å². The Morgan fingerprint density at radius 2 is 2.50 bits per heavy atom. The molecule has 2 aromatic rings. The Bertz CT molecular complexity index is 765. The third-order valence-corrected chi connectivity index (χ3v) is 4.89. The second-order valence-electron chi connectivity index (χ2n) is 5.90. The maximum absolute atomic E-state index is 13.8. The maximum Gasteiger partial charge on any atom is 0.252 e. The van der Waals surface area contributed by atoms with E-state index in [1.165, 1.54) is 12.3 Å². The average Bonchev–Trinajstić information content (AvgIpc) is 3.26. The molecule has 1 saturated heterocycles. The molecule has 0 bridgehead atoms. The minimum atomic E-state index is -0.885. The lowest BCUT2D eigenvalue weighted by Gasteiger charge is -2.23. The predicted octanol–water partition coefficient (Wildman–Crippen LogP) is 1.99. The molecule has 0 saturated carbocycles. The maximum atomic E-state index is 13.8. The first-order chi connectivity index (χ1) is 11.5. The summed E-state index contributed by atoms with van der Waals surface area (Å²) >= 11 is 1.58. The number of carbonyl (C=O) groups excluding carboxylic acids is 1. The molecule has 0 aliphatic carbocycles. The van der Waals surface area contributed by atoms with E-state index < -0.39 is 6.17 Å². The van der Waals surface area contributed by atoms with Crippen LogP contribution in [0, 0.1) is 18.3 Å². The van der Waals surface area contributed by atoms with Crippen LogP contribution in [0.5, 0.6) is 0 Å². The molecular formula is C16H18FN5OS. The van der Waals surface area contributed by atoms with Gasteiger partial charge < -0.3 is 10.3 Å². The number of carbonyl (C=O) groups is 1. The first-order valence-electron chi connectivity index (χ1n) is 7.71. The minimum absolute atomic E-state index is 0.0552. The molecular weight excluding hydrogens is 329 g/mol. The van der Waals surface area contributed by atoms with Crippen LogP contribution in [0.25, 0.3) is 0 Å². The van der Waals surface area contributed by atoms with E-state index in [9.17, 15) is 9.18 Å². The largest absolute Gasteiger partial charge is 0.352 e. The van der Waals surface area contributed by atoms with Crippen LogP contribution in [0.1, 0.15) is 33.2 Å². The molecule has 126 valence electrons. The van der Waals surface area contributed by atoms with Crippen LogP contribution in [0.4, 0.5) is 4.39 Å². The zero-order valence-electron chi connectivity index (χ0n) is 13.3. The molecule has 0 radical (unpaired) electrons. The normalized spacial score (nSPS) is 20.9. The van der Waals surface area contributed by atoms with E-state index in [1.54, 1.807) is 11.3 Å². The van der Waals surface area contributed by atoms with Crippen molar-refractivity contribution in [1.29, 1.82) is 5.26 Å². The minimum Gasteiger partial charge on any atom is -0.352 e. The number of H-pyrrole nitrogens is 1. The zero-order chi connectivity index (χ0) is 17.1. The number of hydrogen-bond donors (Lipinski definition) is 2. The summed E-state index contributed by atoms with van der Waals surface area (Å²) in [4.78, 5) is 21.3. The Hall–Kier alpha value is -2.24. The molecule has 24 heavy (non-hydrogen) atoms. The predicted molar refractivity (Wildman–Crippen MR) is 88.4 cm³/mol. The average molecular weight is 347 g/mol. The molecule has 1 aliphatic heterocycles. The number of nitrogens with one attached hydrogen (secondary N) is 2. The fourth-order valence-electron chi connectivity index (χ4n) is 2.92. The fourth-order valence-corrected chi connectivity index (χ4v) is 3.52. The monoisotopic (exact) mass is 347 g/mol. The number of rotatable bonds is 5. The molecule has 2 N–H and O–H groups in total. The number of amides is 1. The van der Waals surface area contributed by atoms with Gasteiger partial charge in [0.15, 0.2) is 0 Å². The van der Waals surface area contributed by atoms with Gasteiger partial charge in [0, 0.05) is 37.3 Å². The Labute approximate surface area is 143 Å². The molecule has 2 aromatic heterocycles. The molecule has 6 nitrogen and oxygen atoms in total. The number of likely N-dealkylation sites (tertiary alicyclic amines) is 1. The van der Waals surface area contributed by atoms with E-state index in [2.05, 4.69) is 15.3 Å². The van der Waals surface area contributed by atoms with Gasteiger partial charge in [0.05, 0.1) is 16.3 Å². The van der Waals surface area contributed by atoms with E-state index >= 15 is 0 Å². The van der Waals surface area contributed by atoms with Gasteiger partial charge in [-0.1, -0.05) is 0 Å². The molecule has 1 fully saturated rings. The summed E-state index contributed by atoms with van der Waals surface area (Å²) in [6.07, 6.45) is 1.01. The standard InChI is InChI=1S/C16H18FN5OS/c1-10-21-14(9-24-10)8-22-7-12(17)3-15(22)6-20-16(23)11-2-13(4-18)19-5-11/h2,5,9,12,15,19H,3,6-8H2,1H3,(H,20,23)/t12-,15-/m0/s1. The summed E-state index contributed by atoms with van der Waals surface area (Å²) in [6.45, 7) is 3.27. The molecule has 0 unspecified atom stereocenters. The Kier molecular flexibility index (Phi) is 4.92. The third-order valence-electron chi connectivity index (χ3n) is 4.07. The summed E-state index contributed by atoms with van der Waals surface area (Å²) < 4.78 is 13.8. The van der Waals surface area contributed by atoms with Gasteiger partial charge in [-0.25, -0.2) is 9.37 Å². The number of aromatic nitrogens is 2. The molecule has 0 aromatic carbocycles. The van der Waals surface area contributed by atoms with E-state index in [4.69, 9.17) is 5.26 Å². The van der Waals surface area contributed by atoms with Crippen LogP contribution in [0.3, 0.4) is 0 Å². The van der Waals surface area contributed by atoms with Gasteiger partial charge in [0.2, 0.25) is 0 Å². The van der Waals surface area contributed by atoms with Gasteiger partial charge in [-0.15, -0.1) is 11.3 Å². The van der Waals surface area contributed by atoms with Crippen LogP contribution in [-0.4, -0.2) is 46.1 Å². The van der Waals surface area contributed by atoms with Crippen LogP contribution >= 0.6 is 11.3 Å². The van der Waals surface area contributed by atoms with E-state index in [-0.39, 0.29) is 11.9 Å². The number of halogens is 1. The topological polar surface area (TPSA) is 84.8 Å². The van der Waals surface area contributed by atoms with Crippen molar-refractivity contribution in [3.63, 3.8) is 0 Å². The van der Waals surface area contributed by atoms with Crippen molar-refractivity contribution in [1.82, 2.24) is 20.2 Å². The lowest BCUT2D eigenvalue weighted by atomic mass is 10.2. The fraction of sp³-hybridized carbons (Fsp3) is 0.438. The van der Waals surface area contributed by atoms with Gasteiger partial charge in [0.25, 0.3) is 5.91 Å². The van der Waals surface area contributed by atoms with Crippen LogP contribution < -0.4 is 5.32 Å². The van der Waals surface area contributed by atoms with Gasteiger partial charge in [-0.2, -0.15) is 5.26 Å². The first kappa shape index (κ1) is 16.6. The van der Waals surface area contributed by atoms with Gasteiger partial charge in [-0.3, -0.25) is 9.69 Å². The van der Waals surface area contributed by atoms with E-state index in [0.717, 1.165) is 10.7 Å². The van der Waals surface area contributed by atoms with Gasteiger partial charge in [-0.05, 0) is 19.4 Å². The van der Waals surface area contributed by atoms with Crippen molar-refractivity contribution in [2.24, 2.45) is 0 Å². The zero-order valence-corrected chi connectivity index (χ0v) is 14.1. The quantitative estimate of drug-likeness (QED) is 0.866. The molecule has 8 heteroatoms. The van der Waals surface area contributed by atoms with Gasteiger partial charge in [0.1, 0.15) is 17.9 Å². The molecule has 2 atom stereocenters. The van der Waals surface area contributed by atoms with Crippen molar-refractivity contribution in [3.8, 4) is 6.07 Å². The molecule has 0 spiro atoms. The summed E-state index contributed by atoms with van der Waals surface area (Å²) in [5.74, 6) is -0.264. The van der Waals surface area contributed by atoms with E-state index in [1.807, 2.05) is 23.3 Å². The number of thiazole rings is 1. The van der Waals surface area contributed by atoms with Crippen LogP contribution in [-0.2, 0) is 6.54 Å². The Morgan fingerprint density at radius 1 is 1.67 bits per heavy atom. The van der Waals surface area contributed by atoms with Crippen LogP contribution in [0.15, 0.2) is 17.6 Å². The summed E-state index contributed by atoms with van der Waals surface area (Å²) in [5, 5.41) is 14.6. The van der Waals surface area contributed by atoms with Crippen molar-refractivity contribution >= 4 is 17.2 Å². The smallest absolute Gasteiger partial charge is 0.252 e. The first-order valence-corrected chi connectivity index (χ1v) is 8.59.